The largest absolute Gasteiger partial charge is 0.385 e. The summed E-state index contributed by atoms with van der Waals surface area (Å²) in [5.41, 5.74) is 0.948. The maximum absolute atomic E-state index is 11.9. The molecule has 1 heterocycles. The lowest BCUT2D eigenvalue weighted by molar-refractivity contribution is -0.192. The van der Waals surface area contributed by atoms with Crippen molar-refractivity contribution in [2.45, 2.75) is 63.1 Å². The van der Waals surface area contributed by atoms with Gasteiger partial charge in [-0.15, -0.1) is 0 Å². The molecule has 0 unspecified atom stereocenters. The van der Waals surface area contributed by atoms with Gasteiger partial charge in [0.1, 0.15) is 17.3 Å². The lowest BCUT2D eigenvalue weighted by atomic mass is 9.79. The molecule has 3 aromatic carbocycles. The Hall–Kier alpha value is -2.50. The summed E-state index contributed by atoms with van der Waals surface area (Å²) >= 11 is 0. The zero-order valence-electron chi connectivity index (χ0n) is 20.4. The Bertz CT molecular complexity index is 923. The molecule has 34 heavy (non-hydrogen) atoms. The number of benzene rings is 3. The summed E-state index contributed by atoms with van der Waals surface area (Å²) in [6.07, 6.45) is 1.95. The van der Waals surface area contributed by atoms with Crippen LogP contribution in [-0.4, -0.2) is 35.8 Å². The van der Waals surface area contributed by atoms with E-state index in [0.29, 0.717) is 13.0 Å². The van der Waals surface area contributed by atoms with Crippen LogP contribution in [0, 0.1) is 0 Å². The molecule has 1 fully saturated rings. The minimum atomic E-state index is -1.19. The van der Waals surface area contributed by atoms with Gasteiger partial charge in [-0.05, 0) is 37.0 Å². The molecule has 0 spiro atoms. The van der Waals surface area contributed by atoms with Crippen LogP contribution in [0.25, 0.3) is 0 Å². The van der Waals surface area contributed by atoms with Gasteiger partial charge >= 0.3 is 0 Å². The van der Waals surface area contributed by atoms with Crippen molar-refractivity contribution in [3.63, 3.8) is 0 Å². The molecule has 1 saturated heterocycles. The Labute approximate surface area is 203 Å². The minimum Gasteiger partial charge on any atom is -0.385 e. The Morgan fingerprint density at radius 1 is 0.853 bits per heavy atom. The molecule has 0 bridgehead atoms. The van der Waals surface area contributed by atoms with E-state index >= 15 is 0 Å². The molecule has 1 N–H and O–H groups in total. The third kappa shape index (κ3) is 5.11. The maximum Gasteiger partial charge on any atom is 0.163 e. The van der Waals surface area contributed by atoms with Crippen LogP contribution in [0.4, 0.5) is 0 Å². The van der Waals surface area contributed by atoms with E-state index in [1.165, 1.54) is 0 Å². The zero-order chi connectivity index (χ0) is 24.1. The van der Waals surface area contributed by atoms with Gasteiger partial charge in [-0.25, -0.2) is 0 Å². The molecule has 1 aliphatic heterocycles. The van der Waals surface area contributed by atoms with Gasteiger partial charge < -0.3 is 19.3 Å². The van der Waals surface area contributed by atoms with E-state index in [9.17, 15) is 5.11 Å². The number of ether oxygens (including phenoxy) is 3. The van der Waals surface area contributed by atoms with Crippen molar-refractivity contribution in [3.05, 3.63) is 108 Å². The van der Waals surface area contributed by atoms with Crippen LogP contribution in [0.15, 0.2) is 91.0 Å². The van der Waals surface area contributed by atoms with Gasteiger partial charge in [0.15, 0.2) is 5.79 Å². The lowest BCUT2D eigenvalue weighted by Crippen LogP contribution is -2.51. The molecule has 0 saturated carbocycles. The summed E-state index contributed by atoms with van der Waals surface area (Å²) in [7, 11) is 0. The number of hydrogen-bond donors (Lipinski definition) is 1. The van der Waals surface area contributed by atoms with E-state index < -0.39 is 23.1 Å². The summed E-state index contributed by atoms with van der Waals surface area (Å²) in [5, 5.41) is 11.9. The second-order valence-corrected chi connectivity index (χ2v) is 9.59. The van der Waals surface area contributed by atoms with Crippen molar-refractivity contribution in [2.24, 2.45) is 0 Å². The van der Waals surface area contributed by atoms with Crippen molar-refractivity contribution < 1.29 is 19.3 Å². The first-order valence-electron chi connectivity index (χ1n) is 12.2. The number of rotatable bonds is 10. The molecular formula is C30H36O4. The predicted molar refractivity (Wildman–Crippen MR) is 135 cm³/mol. The van der Waals surface area contributed by atoms with Gasteiger partial charge in [0.2, 0.25) is 0 Å². The molecule has 0 aromatic heterocycles. The van der Waals surface area contributed by atoms with E-state index in [2.05, 4.69) is 43.3 Å². The van der Waals surface area contributed by atoms with Crippen LogP contribution in [0.2, 0.25) is 0 Å². The second-order valence-electron chi connectivity index (χ2n) is 9.59. The van der Waals surface area contributed by atoms with E-state index in [4.69, 9.17) is 14.2 Å². The molecule has 2 atom stereocenters. The third-order valence-electron chi connectivity index (χ3n) is 6.65. The molecule has 3 aromatic rings. The summed E-state index contributed by atoms with van der Waals surface area (Å²) < 4.78 is 18.9. The van der Waals surface area contributed by atoms with Crippen LogP contribution in [-0.2, 0) is 19.8 Å². The highest BCUT2D eigenvalue weighted by Gasteiger charge is 2.48. The molecule has 4 rings (SSSR count). The lowest BCUT2D eigenvalue weighted by Gasteiger charge is -2.41. The fraction of sp³-hybridized carbons (Fsp3) is 0.400. The van der Waals surface area contributed by atoms with E-state index in [-0.39, 0.29) is 6.61 Å². The SMILES string of the molecule is CCCC[C@@](O)(COC(c1ccccc1)(c1ccccc1)c1ccccc1)[C@@H]1COC(C)(C)O1. The van der Waals surface area contributed by atoms with Crippen LogP contribution < -0.4 is 0 Å². The zero-order valence-corrected chi connectivity index (χ0v) is 20.4. The fourth-order valence-corrected chi connectivity index (χ4v) is 4.76. The van der Waals surface area contributed by atoms with E-state index in [1.807, 2.05) is 68.4 Å². The monoisotopic (exact) mass is 460 g/mol. The highest BCUT2D eigenvalue weighted by atomic mass is 16.7. The molecule has 4 nitrogen and oxygen atoms in total. The van der Waals surface area contributed by atoms with E-state index in [1.54, 1.807) is 0 Å². The van der Waals surface area contributed by atoms with Gasteiger partial charge in [-0.1, -0.05) is 111 Å². The average molecular weight is 461 g/mol. The molecular weight excluding hydrogens is 424 g/mol. The van der Waals surface area contributed by atoms with Gasteiger partial charge in [-0.3, -0.25) is 0 Å². The van der Waals surface area contributed by atoms with Gasteiger partial charge in [0.05, 0.1) is 13.2 Å². The molecule has 4 heteroatoms. The fourth-order valence-electron chi connectivity index (χ4n) is 4.76. The molecule has 0 radical (unpaired) electrons. The quantitative estimate of drug-likeness (QED) is 0.373. The average Bonchev–Trinajstić information content (AvgIpc) is 3.25. The smallest absolute Gasteiger partial charge is 0.163 e. The summed E-state index contributed by atoms with van der Waals surface area (Å²) in [6.45, 7) is 6.34. The predicted octanol–water partition coefficient (Wildman–Crippen LogP) is 6.07. The van der Waals surface area contributed by atoms with Gasteiger partial charge in [0, 0.05) is 0 Å². The topological polar surface area (TPSA) is 47.9 Å². The second kappa shape index (κ2) is 10.4. The molecule has 0 aliphatic carbocycles. The van der Waals surface area contributed by atoms with Crippen LogP contribution in [0.3, 0.4) is 0 Å². The van der Waals surface area contributed by atoms with Crippen molar-refractivity contribution in [1.29, 1.82) is 0 Å². The van der Waals surface area contributed by atoms with Crippen molar-refractivity contribution in [1.82, 2.24) is 0 Å². The Kier molecular flexibility index (Phi) is 7.54. The van der Waals surface area contributed by atoms with Crippen molar-refractivity contribution in [3.8, 4) is 0 Å². The number of aliphatic hydroxyl groups is 1. The van der Waals surface area contributed by atoms with Gasteiger partial charge in [0.25, 0.3) is 0 Å². The highest BCUT2D eigenvalue weighted by Crippen LogP contribution is 2.42. The van der Waals surface area contributed by atoms with Gasteiger partial charge in [-0.2, -0.15) is 0 Å². The Balaban J connectivity index is 1.79. The van der Waals surface area contributed by atoms with Crippen LogP contribution >= 0.6 is 0 Å². The highest BCUT2D eigenvalue weighted by molar-refractivity contribution is 5.47. The third-order valence-corrected chi connectivity index (χ3v) is 6.65. The van der Waals surface area contributed by atoms with Crippen molar-refractivity contribution in [2.75, 3.05) is 13.2 Å². The normalized spacial score (nSPS) is 19.6. The Morgan fingerprint density at radius 2 is 1.32 bits per heavy atom. The van der Waals surface area contributed by atoms with E-state index in [0.717, 1.165) is 29.5 Å². The first-order chi connectivity index (χ1) is 16.4. The van der Waals surface area contributed by atoms with Crippen LogP contribution in [0.5, 0.6) is 0 Å². The minimum absolute atomic E-state index is 0.107. The standard InChI is InChI=1S/C30H36O4/c1-4-5-21-29(31,27-22-32-28(2,3)34-27)23-33-30(24-15-9-6-10-16-24,25-17-11-7-12-18-25)26-19-13-8-14-20-26/h6-20,27,31H,4-5,21-23H2,1-3H3/t27-,29+/m0/s1. The number of unbranched alkanes of at least 4 members (excludes halogenated alkanes) is 1. The molecule has 1 aliphatic rings. The summed E-state index contributed by atoms with van der Waals surface area (Å²) in [4.78, 5) is 0. The number of hydrogen-bond acceptors (Lipinski definition) is 4. The summed E-state index contributed by atoms with van der Waals surface area (Å²) in [6, 6.07) is 30.7. The van der Waals surface area contributed by atoms with Crippen LogP contribution in [0.1, 0.15) is 56.7 Å². The molecule has 0 amide bonds. The Morgan fingerprint density at radius 3 is 1.71 bits per heavy atom. The first kappa shape index (κ1) is 24.6. The van der Waals surface area contributed by atoms with Crippen molar-refractivity contribution >= 4 is 0 Å². The molecule has 180 valence electrons. The maximum atomic E-state index is 11.9. The summed E-state index contributed by atoms with van der Waals surface area (Å²) in [5.74, 6) is -0.722. The first-order valence-corrected chi connectivity index (χ1v) is 12.2.